The summed E-state index contributed by atoms with van der Waals surface area (Å²) in [6.07, 6.45) is -2.05. The third-order valence-electron chi connectivity index (χ3n) is 2.19. The predicted molar refractivity (Wildman–Crippen MR) is 56.3 cm³/mol. The molecular formula is C10H18F4N2O. The molecule has 0 saturated carbocycles. The van der Waals surface area contributed by atoms with E-state index in [1.54, 1.807) is 0 Å². The standard InChI is InChI=1S/C10H18F4N2O/c1-3-4-5-15-8(17)7(2)16-6-10(13,14)9(11)12/h7,9,16H,3-6H2,1-2H3,(H,15,17). The van der Waals surface area contributed by atoms with Crippen LogP contribution < -0.4 is 10.6 Å². The van der Waals surface area contributed by atoms with E-state index in [2.05, 4.69) is 10.6 Å². The number of carbonyl (C=O) groups excluding carboxylic acids is 1. The third kappa shape index (κ3) is 6.45. The Morgan fingerprint density at radius 2 is 1.94 bits per heavy atom. The van der Waals surface area contributed by atoms with E-state index in [4.69, 9.17) is 0 Å². The Morgan fingerprint density at radius 3 is 2.41 bits per heavy atom. The third-order valence-corrected chi connectivity index (χ3v) is 2.19. The predicted octanol–water partition coefficient (Wildman–Crippen LogP) is 1.78. The van der Waals surface area contributed by atoms with Gasteiger partial charge in [-0.15, -0.1) is 0 Å². The van der Waals surface area contributed by atoms with Crippen LogP contribution in [0.25, 0.3) is 0 Å². The van der Waals surface area contributed by atoms with Crippen LogP contribution in [0.4, 0.5) is 17.6 Å². The van der Waals surface area contributed by atoms with Crippen molar-refractivity contribution < 1.29 is 22.4 Å². The monoisotopic (exact) mass is 258 g/mol. The van der Waals surface area contributed by atoms with Crippen molar-refractivity contribution in [3.63, 3.8) is 0 Å². The zero-order chi connectivity index (χ0) is 13.5. The first-order valence-electron chi connectivity index (χ1n) is 5.48. The van der Waals surface area contributed by atoms with Gasteiger partial charge in [-0.1, -0.05) is 13.3 Å². The average Bonchev–Trinajstić information content (AvgIpc) is 2.26. The lowest BCUT2D eigenvalue weighted by Crippen LogP contribution is -2.48. The van der Waals surface area contributed by atoms with Gasteiger partial charge in [-0.2, -0.15) is 8.78 Å². The fraction of sp³-hybridized carbons (Fsp3) is 0.900. The van der Waals surface area contributed by atoms with Gasteiger partial charge in [0.2, 0.25) is 5.91 Å². The summed E-state index contributed by atoms with van der Waals surface area (Å²) in [5.74, 6) is -4.58. The second-order valence-electron chi connectivity index (χ2n) is 3.81. The van der Waals surface area contributed by atoms with E-state index in [0.29, 0.717) is 6.54 Å². The lowest BCUT2D eigenvalue weighted by Gasteiger charge is -2.19. The van der Waals surface area contributed by atoms with E-state index in [1.165, 1.54) is 6.92 Å². The van der Waals surface area contributed by atoms with Crippen molar-refractivity contribution in [1.82, 2.24) is 10.6 Å². The maximum Gasteiger partial charge on any atom is 0.319 e. The van der Waals surface area contributed by atoms with Gasteiger partial charge in [0.05, 0.1) is 12.6 Å². The van der Waals surface area contributed by atoms with Crippen LogP contribution in [0.15, 0.2) is 0 Å². The van der Waals surface area contributed by atoms with Crippen molar-refractivity contribution in [1.29, 1.82) is 0 Å². The van der Waals surface area contributed by atoms with Crippen LogP contribution in [-0.2, 0) is 4.79 Å². The number of halogens is 4. The fourth-order valence-electron chi connectivity index (χ4n) is 1.00. The normalized spacial score (nSPS) is 13.8. The summed E-state index contributed by atoms with van der Waals surface area (Å²) in [5.41, 5.74) is 0. The zero-order valence-corrected chi connectivity index (χ0v) is 9.90. The highest BCUT2D eigenvalue weighted by atomic mass is 19.3. The van der Waals surface area contributed by atoms with Crippen molar-refractivity contribution >= 4 is 5.91 Å². The molecular weight excluding hydrogens is 240 g/mol. The molecule has 0 aliphatic heterocycles. The Hall–Kier alpha value is -0.850. The minimum absolute atomic E-state index is 0.451. The fourth-order valence-corrected chi connectivity index (χ4v) is 1.00. The summed E-state index contributed by atoms with van der Waals surface area (Å²) in [7, 11) is 0. The summed E-state index contributed by atoms with van der Waals surface area (Å²) in [4.78, 5) is 11.3. The smallest absolute Gasteiger partial charge is 0.319 e. The maximum atomic E-state index is 12.5. The molecule has 1 amide bonds. The molecule has 17 heavy (non-hydrogen) atoms. The van der Waals surface area contributed by atoms with Gasteiger partial charge >= 0.3 is 12.3 Å². The molecule has 1 unspecified atom stereocenters. The molecule has 0 heterocycles. The minimum Gasteiger partial charge on any atom is -0.355 e. The number of hydrogen-bond donors (Lipinski definition) is 2. The van der Waals surface area contributed by atoms with E-state index in [1.807, 2.05) is 6.92 Å². The van der Waals surface area contributed by atoms with Crippen LogP contribution in [0, 0.1) is 0 Å². The lowest BCUT2D eigenvalue weighted by molar-refractivity contribution is -0.131. The summed E-state index contributed by atoms with van der Waals surface area (Å²) >= 11 is 0. The number of alkyl halides is 4. The molecule has 0 aliphatic rings. The second-order valence-corrected chi connectivity index (χ2v) is 3.81. The molecule has 0 radical (unpaired) electrons. The Labute approximate surface area is 97.9 Å². The minimum atomic E-state index is -4.11. The second kappa shape index (κ2) is 7.47. The molecule has 0 aliphatic carbocycles. The van der Waals surface area contributed by atoms with Gasteiger partial charge in [-0.05, 0) is 13.3 Å². The van der Waals surface area contributed by atoms with Crippen LogP contribution in [0.5, 0.6) is 0 Å². The molecule has 0 aromatic heterocycles. The number of unbranched alkanes of at least 4 members (excludes halogenated alkanes) is 1. The van der Waals surface area contributed by atoms with Gasteiger partial charge < -0.3 is 10.6 Å². The van der Waals surface area contributed by atoms with Gasteiger partial charge in [0.1, 0.15) is 0 Å². The zero-order valence-electron chi connectivity index (χ0n) is 9.90. The molecule has 0 aromatic rings. The highest BCUT2D eigenvalue weighted by Gasteiger charge is 2.40. The molecule has 0 fully saturated rings. The van der Waals surface area contributed by atoms with Crippen LogP contribution in [0.1, 0.15) is 26.7 Å². The molecule has 102 valence electrons. The topological polar surface area (TPSA) is 41.1 Å². The summed E-state index contributed by atoms with van der Waals surface area (Å²) in [6, 6.07) is -0.920. The number of carbonyl (C=O) groups is 1. The SMILES string of the molecule is CCCCNC(=O)C(C)NCC(F)(F)C(F)F. The number of hydrogen-bond acceptors (Lipinski definition) is 2. The van der Waals surface area contributed by atoms with E-state index < -0.39 is 30.8 Å². The molecule has 0 bridgehead atoms. The van der Waals surface area contributed by atoms with Crippen LogP contribution >= 0.6 is 0 Å². The van der Waals surface area contributed by atoms with Crippen LogP contribution in [-0.4, -0.2) is 37.4 Å². The molecule has 0 aromatic carbocycles. The first-order valence-corrected chi connectivity index (χ1v) is 5.48. The van der Waals surface area contributed by atoms with Crippen LogP contribution in [0.3, 0.4) is 0 Å². The van der Waals surface area contributed by atoms with Gasteiger partial charge in [0.15, 0.2) is 0 Å². The van der Waals surface area contributed by atoms with Crippen molar-refractivity contribution in [3.05, 3.63) is 0 Å². The number of nitrogens with one attached hydrogen (secondary N) is 2. The van der Waals surface area contributed by atoms with Crippen molar-refractivity contribution in [2.45, 2.75) is 45.1 Å². The molecule has 3 nitrogen and oxygen atoms in total. The molecule has 0 saturated heterocycles. The van der Waals surface area contributed by atoms with Gasteiger partial charge in [-0.25, -0.2) is 8.78 Å². The van der Waals surface area contributed by atoms with Crippen LogP contribution in [0.2, 0.25) is 0 Å². The Morgan fingerprint density at radius 1 is 1.35 bits per heavy atom. The Kier molecular flexibility index (Phi) is 7.10. The Bertz CT molecular complexity index is 236. The molecule has 1 atom stereocenters. The van der Waals surface area contributed by atoms with Gasteiger partial charge in [0, 0.05) is 6.54 Å². The lowest BCUT2D eigenvalue weighted by atomic mass is 10.2. The van der Waals surface area contributed by atoms with Gasteiger partial charge in [-0.3, -0.25) is 4.79 Å². The van der Waals surface area contributed by atoms with E-state index in [-0.39, 0.29) is 0 Å². The Balaban J connectivity index is 3.92. The van der Waals surface area contributed by atoms with E-state index in [9.17, 15) is 22.4 Å². The molecule has 0 spiro atoms. The van der Waals surface area contributed by atoms with Gasteiger partial charge in [0.25, 0.3) is 0 Å². The summed E-state index contributed by atoms with van der Waals surface area (Å²) in [5, 5.41) is 4.60. The first-order chi connectivity index (χ1) is 7.81. The highest BCUT2D eigenvalue weighted by Crippen LogP contribution is 2.21. The van der Waals surface area contributed by atoms with E-state index in [0.717, 1.165) is 12.8 Å². The first kappa shape index (κ1) is 16.1. The maximum absolute atomic E-state index is 12.5. The van der Waals surface area contributed by atoms with Crippen molar-refractivity contribution in [2.75, 3.05) is 13.1 Å². The highest BCUT2D eigenvalue weighted by molar-refractivity contribution is 5.81. The van der Waals surface area contributed by atoms with Crippen molar-refractivity contribution in [2.24, 2.45) is 0 Å². The largest absolute Gasteiger partial charge is 0.355 e. The number of rotatable bonds is 8. The summed E-state index contributed by atoms with van der Waals surface area (Å²) < 4.78 is 48.7. The van der Waals surface area contributed by atoms with Crippen molar-refractivity contribution in [3.8, 4) is 0 Å². The number of amides is 1. The average molecular weight is 258 g/mol. The molecule has 7 heteroatoms. The quantitative estimate of drug-likeness (QED) is 0.514. The van der Waals surface area contributed by atoms with E-state index >= 15 is 0 Å². The molecule has 2 N–H and O–H groups in total. The molecule has 0 rings (SSSR count). The summed E-state index contributed by atoms with van der Waals surface area (Å²) in [6.45, 7) is 2.53.